The minimum Gasteiger partial charge on any atom is -0.439 e. The maximum absolute atomic E-state index is 12.1. The summed E-state index contributed by atoms with van der Waals surface area (Å²) in [5.74, 6) is 1.07. The van der Waals surface area contributed by atoms with Crippen molar-refractivity contribution >= 4 is 36.4 Å². The molecule has 142 valence electrons. The van der Waals surface area contributed by atoms with Gasteiger partial charge in [-0.2, -0.15) is 0 Å². The Morgan fingerprint density at radius 3 is 2.65 bits per heavy atom. The summed E-state index contributed by atoms with van der Waals surface area (Å²) in [5.41, 5.74) is 2.82. The van der Waals surface area contributed by atoms with Gasteiger partial charge >= 0.3 is 0 Å². The molecule has 1 saturated heterocycles. The molecule has 0 radical (unpaired) electrons. The number of hydrogen-bond acceptors (Lipinski definition) is 5. The number of aliphatic hydroxyl groups is 1. The molecular weight excluding hydrogens is 377 g/mol. The topological polar surface area (TPSA) is 83.5 Å². The quantitative estimate of drug-likeness (QED) is 0.735. The third-order valence-corrected chi connectivity index (χ3v) is 4.20. The highest BCUT2D eigenvalue weighted by Crippen LogP contribution is 2.26. The van der Waals surface area contributed by atoms with Gasteiger partial charge in [0.15, 0.2) is 0 Å². The Labute approximate surface area is 165 Å². The summed E-state index contributed by atoms with van der Waals surface area (Å²) < 4.78 is 5.79. The summed E-state index contributed by atoms with van der Waals surface area (Å²) in [4.78, 5) is 16.3. The molecule has 2 unspecified atom stereocenters. The number of carbonyl (C=O) groups is 1. The zero-order valence-electron chi connectivity index (χ0n) is 14.6. The van der Waals surface area contributed by atoms with Gasteiger partial charge in [0, 0.05) is 12.6 Å². The molecule has 8 heteroatoms. The maximum atomic E-state index is 12.1. The van der Waals surface area contributed by atoms with Crippen molar-refractivity contribution in [3.05, 3.63) is 47.7 Å². The number of amides is 1. The van der Waals surface area contributed by atoms with Crippen molar-refractivity contribution in [2.24, 2.45) is 0 Å². The van der Waals surface area contributed by atoms with Crippen LogP contribution in [0.1, 0.15) is 17.5 Å². The van der Waals surface area contributed by atoms with E-state index in [1.54, 1.807) is 18.3 Å². The molecule has 2 atom stereocenters. The number of anilines is 1. The summed E-state index contributed by atoms with van der Waals surface area (Å²) in [6, 6.07) is 8.96. The molecule has 3 N–H and O–H groups in total. The van der Waals surface area contributed by atoms with Crippen molar-refractivity contribution in [3.8, 4) is 11.6 Å². The lowest BCUT2D eigenvalue weighted by atomic mass is 10.1. The lowest BCUT2D eigenvalue weighted by Gasteiger charge is -2.12. The Kier molecular flexibility index (Phi) is 8.30. The molecule has 0 saturated carbocycles. The Morgan fingerprint density at radius 1 is 1.27 bits per heavy atom. The van der Waals surface area contributed by atoms with Gasteiger partial charge in [-0.3, -0.25) is 4.79 Å². The Balaban J connectivity index is 0.00000169. The number of ether oxygens (including phenoxy) is 1. The molecule has 0 bridgehead atoms. The fourth-order valence-electron chi connectivity index (χ4n) is 2.61. The van der Waals surface area contributed by atoms with E-state index in [0.717, 1.165) is 16.9 Å². The van der Waals surface area contributed by atoms with E-state index in [9.17, 15) is 9.90 Å². The van der Waals surface area contributed by atoms with Crippen LogP contribution >= 0.6 is 24.8 Å². The van der Waals surface area contributed by atoms with Gasteiger partial charge in [0.05, 0.1) is 24.0 Å². The van der Waals surface area contributed by atoms with E-state index in [-0.39, 0.29) is 36.8 Å². The average molecular weight is 400 g/mol. The first kappa shape index (κ1) is 22.2. The van der Waals surface area contributed by atoms with Crippen molar-refractivity contribution in [2.45, 2.75) is 32.4 Å². The number of pyridine rings is 1. The van der Waals surface area contributed by atoms with E-state index in [4.69, 9.17) is 4.74 Å². The minimum atomic E-state index is -0.466. The van der Waals surface area contributed by atoms with Crippen LogP contribution in [0.5, 0.6) is 11.6 Å². The van der Waals surface area contributed by atoms with Crippen molar-refractivity contribution in [1.82, 2.24) is 10.3 Å². The average Bonchev–Trinajstić information content (AvgIpc) is 3.00. The van der Waals surface area contributed by atoms with Crippen LogP contribution in [0.15, 0.2) is 36.5 Å². The number of rotatable bonds is 4. The second-order valence-corrected chi connectivity index (χ2v) is 6.02. The highest BCUT2D eigenvalue weighted by atomic mass is 35.5. The van der Waals surface area contributed by atoms with Gasteiger partial charge in [-0.1, -0.05) is 12.1 Å². The van der Waals surface area contributed by atoms with Gasteiger partial charge in [-0.05, 0) is 43.5 Å². The molecule has 2 heterocycles. The minimum absolute atomic E-state index is 0. The molecule has 6 nitrogen and oxygen atoms in total. The van der Waals surface area contributed by atoms with E-state index >= 15 is 0 Å². The SMILES string of the molecule is Cc1cccc(Oc2ccc(NC(=O)C3CC(O)CN3)cn2)c1C.Cl.Cl. The van der Waals surface area contributed by atoms with Crippen LogP contribution < -0.4 is 15.4 Å². The number of β-amino-alcohol motifs (C(OH)–C–C–N with tert-alkyl or cyclic N) is 1. The van der Waals surface area contributed by atoms with E-state index < -0.39 is 6.10 Å². The van der Waals surface area contributed by atoms with Gasteiger partial charge in [0.25, 0.3) is 0 Å². The number of aliphatic hydroxyl groups excluding tert-OH is 1. The summed E-state index contributed by atoms with van der Waals surface area (Å²) in [7, 11) is 0. The molecule has 1 aliphatic rings. The molecule has 1 fully saturated rings. The van der Waals surface area contributed by atoms with Crippen LogP contribution in [0.3, 0.4) is 0 Å². The molecule has 26 heavy (non-hydrogen) atoms. The number of nitrogens with one attached hydrogen (secondary N) is 2. The number of aromatic nitrogens is 1. The first-order chi connectivity index (χ1) is 11.5. The van der Waals surface area contributed by atoms with Gasteiger partial charge in [-0.15, -0.1) is 24.8 Å². The fraction of sp³-hybridized carbons (Fsp3) is 0.333. The van der Waals surface area contributed by atoms with E-state index in [1.165, 1.54) is 0 Å². The molecule has 1 aliphatic heterocycles. The van der Waals surface area contributed by atoms with Gasteiger partial charge in [-0.25, -0.2) is 4.98 Å². The second-order valence-electron chi connectivity index (χ2n) is 6.02. The highest BCUT2D eigenvalue weighted by molar-refractivity contribution is 5.95. The smallest absolute Gasteiger partial charge is 0.241 e. The van der Waals surface area contributed by atoms with E-state index in [2.05, 4.69) is 15.6 Å². The van der Waals surface area contributed by atoms with E-state index in [1.807, 2.05) is 32.0 Å². The van der Waals surface area contributed by atoms with Crippen LogP contribution in [-0.2, 0) is 4.79 Å². The monoisotopic (exact) mass is 399 g/mol. The third kappa shape index (κ3) is 5.32. The lowest BCUT2D eigenvalue weighted by molar-refractivity contribution is -0.117. The summed E-state index contributed by atoms with van der Waals surface area (Å²) in [5, 5.41) is 15.2. The third-order valence-electron chi connectivity index (χ3n) is 4.20. The zero-order valence-corrected chi connectivity index (χ0v) is 16.2. The number of hydrogen-bond donors (Lipinski definition) is 3. The standard InChI is InChI=1S/C18H21N3O3.2ClH/c1-11-4-3-5-16(12(11)2)24-17-7-6-13(9-20-17)21-18(23)15-8-14(22)10-19-15;;/h3-7,9,14-15,19,22H,8,10H2,1-2H3,(H,21,23);2*1H. The molecule has 2 aromatic rings. The number of aryl methyl sites for hydroxylation is 1. The van der Waals surface area contributed by atoms with Gasteiger partial charge in [0.2, 0.25) is 11.8 Å². The predicted octanol–water partition coefficient (Wildman–Crippen LogP) is 3.00. The second kappa shape index (κ2) is 9.73. The number of carbonyl (C=O) groups excluding carboxylic acids is 1. The lowest BCUT2D eigenvalue weighted by Crippen LogP contribution is -2.35. The van der Waals surface area contributed by atoms with Gasteiger partial charge in [0.1, 0.15) is 5.75 Å². The predicted molar refractivity (Wildman–Crippen MR) is 106 cm³/mol. The summed E-state index contributed by atoms with van der Waals surface area (Å²) in [6.45, 7) is 4.48. The molecule has 1 aromatic heterocycles. The highest BCUT2D eigenvalue weighted by Gasteiger charge is 2.27. The summed E-state index contributed by atoms with van der Waals surface area (Å²) in [6.07, 6.45) is 1.52. The van der Waals surface area contributed by atoms with Crippen LogP contribution in [0.4, 0.5) is 5.69 Å². The Bertz CT molecular complexity index is 741. The molecule has 3 rings (SSSR count). The first-order valence-electron chi connectivity index (χ1n) is 7.95. The molecule has 1 amide bonds. The Morgan fingerprint density at radius 2 is 2.04 bits per heavy atom. The van der Waals surface area contributed by atoms with Crippen LogP contribution in [0, 0.1) is 13.8 Å². The van der Waals surface area contributed by atoms with Crippen molar-refractivity contribution < 1.29 is 14.6 Å². The molecular formula is C18H23Cl2N3O3. The van der Waals surface area contributed by atoms with E-state index in [0.29, 0.717) is 24.5 Å². The molecule has 0 aliphatic carbocycles. The first-order valence-corrected chi connectivity index (χ1v) is 7.95. The van der Waals surface area contributed by atoms with Crippen molar-refractivity contribution in [3.63, 3.8) is 0 Å². The number of benzene rings is 1. The summed E-state index contributed by atoms with van der Waals surface area (Å²) >= 11 is 0. The normalized spacial score (nSPS) is 18.4. The van der Waals surface area contributed by atoms with Crippen LogP contribution in [0.2, 0.25) is 0 Å². The fourth-order valence-corrected chi connectivity index (χ4v) is 2.61. The zero-order chi connectivity index (χ0) is 17.1. The number of halogens is 2. The largest absolute Gasteiger partial charge is 0.439 e. The van der Waals surface area contributed by atoms with Crippen LogP contribution in [0.25, 0.3) is 0 Å². The molecule has 0 spiro atoms. The van der Waals surface area contributed by atoms with Crippen molar-refractivity contribution in [2.75, 3.05) is 11.9 Å². The van der Waals surface area contributed by atoms with Crippen molar-refractivity contribution in [1.29, 1.82) is 0 Å². The molecule has 1 aromatic carbocycles. The Hall–Kier alpha value is -1.86. The van der Waals surface area contributed by atoms with Crippen LogP contribution in [-0.4, -0.2) is 34.7 Å². The number of nitrogens with zero attached hydrogens (tertiary/aromatic N) is 1. The maximum Gasteiger partial charge on any atom is 0.241 e. The van der Waals surface area contributed by atoms with Gasteiger partial charge < -0.3 is 20.5 Å².